The van der Waals surface area contributed by atoms with Gasteiger partial charge in [-0.2, -0.15) is 4.58 Å². The Morgan fingerprint density at radius 2 is 1.30 bits per heavy atom. The number of likely N-dealkylation sites (N-methyl/N-ethyl adjacent to an activating group) is 1. The molecule has 0 amide bonds. The lowest BCUT2D eigenvalue weighted by atomic mass is 9.81. The van der Waals surface area contributed by atoms with E-state index in [1.54, 1.807) is 0 Å². The Balaban J connectivity index is 0.000000841. The first-order valence-corrected chi connectivity index (χ1v) is 18.1. The van der Waals surface area contributed by atoms with E-state index in [1.165, 1.54) is 33.9 Å². The molecule has 0 atom stereocenters. The average molecular weight is 671 g/mol. The monoisotopic (exact) mass is 671 g/mol. The molecule has 33 heavy (non-hydrogen) atoms. The topological polar surface area (TPSA) is 6.25 Å². The number of benzene rings is 2. The summed E-state index contributed by atoms with van der Waals surface area (Å²) in [4.78, 5) is 2.32. The van der Waals surface area contributed by atoms with Gasteiger partial charge in [-0.3, -0.25) is 0 Å². The van der Waals surface area contributed by atoms with Gasteiger partial charge in [0, 0.05) is 78.8 Å². The molecule has 0 N–H and O–H groups in total. The van der Waals surface area contributed by atoms with Gasteiger partial charge >= 0.3 is 0 Å². The molecule has 0 spiro atoms. The van der Waals surface area contributed by atoms with Crippen molar-refractivity contribution in [2.24, 2.45) is 0 Å². The van der Waals surface area contributed by atoms with Crippen molar-refractivity contribution >= 4 is 54.3 Å². The fourth-order valence-corrected chi connectivity index (χ4v) is 4.83. The molecule has 2 aliphatic rings. The van der Waals surface area contributed by atoms with Crippen molar-refractivity contribution in [3.05, 3.63) is 83.6 Å². The normalized spacial score (nSPS) is 17.9. The summed E-state index contributed by atoms with van der Waals surface area (Å²) in [6.07, 6.45) is 6.78. The van der Waals surface area contributed by atoms with Gasteiger partial charge in [-0.05, 0) is 31.6 Å². The Morgan fingerprint density at radius 1 is 0.788 bits per heavy atom. The number of nitrogens with zero attached hydrogens (tertiary/aromatic N) is 2. The van der Waals surface area contributed by atoms with Crippen molar-refractivity contribution in [3.8, 4) is 0 Å². The Kier molecular flexibility index (Phi) is 11.8. The SMILES string of the molecule is CC.CC.CN1C(=CC=CC2=[N+](C)c3ccccc3C2(C)C)C(C)(C)c2ccccc21.II. The Hall–Kier alpha value is -1.15. The molecule has 0 saturated carbocycles. The standard InChI is InChI=1S/C25H29N2.2C2H6.I2/c1-24(2)18-12-7-9-14-20(18)26(5)22(24)16-11-17-23-25(3,4)19-13-8-10-15-21(19)27(23)6;3*1-2/h7-17H,1-6H3;2*1-2H3;/q+1;;;. The fraction of sp³-hybridized carbons (Fsp3) is 0.414. The molecule has 2 heterocycles. The van der Waals surface area contributed by atoms with E-state index in [0.29, 0.717) is 0 Å². The number of anilines is 1. The van der Waals surface area contributed by atoms with Crippen molar-refractivity contribution in [1.82, 2.24) is 0 Å². The maximum atomic E-state index is 2.32. The van der Waals surface area contributed by atoms with Crippen LogP contribution in [0.15, 0.2) is 72.5 Å². The minimum Gasteiger partial charge on any atom is -0.347 e. The zero-order chi connectivity index (χ0) is 25.4. The van der Waals surface area contributed by atoms with Crippen LogP contribution in [0.2, 0.25) is 0 Å². The number of fused-ring (bicyclic) bond motifs is 2. The molecule has 180 valence electrons. The minimum atomic E-state index is 0.0143. The van der Waals surface area contributed by atoms with Crippen LogP contribution in [0, 0.1) is 0 Å². The van der Waals surface area contributed by atoms with E-state index >= 15 is 0 Å². The molecule has 4 heteroatoms. The molecule has 2 aromatic rings. The van der Waals surface area contributed by atoms with Crippen LogP contribution in [0.1, 0.15) is 66.5 Å². The molecule has 0 bridgehead atoms. The van der Waals surface area contributed by atoms with Crippen LogP contribution in [0.3, 0.4) is 0 Å². The third-order valence-corrected chi connectivity index (χ3v) is 6.39. The van der Waals surface area contributed by atoms with Crippen molar-refractivity contribution in [1.29, 1.82) is 0 Å². The lowest BCUT2D eigenvalue weighted by Crippen LogP contribution is -2.26. The number of para-hydroxylation sites is 2. The maximum Gasteiger partial charge on any atom is 0.209 e. The molecular formula is C29H41I2N2+. The van der Waals surface area contributed by atoms with Crippen LogP contribution < -0.4 is 4.90 Å². The number of allylic oxidation sites excluding steroid dienone is 4. The molecule has 0 fully saturated rings. The van der Waals surface area contributed by atoms with Crippen molar-refractivity contribution in [2.45, 2.75) is 66.2 Å². The second-order valence-electron chi connectivity index (χ2n) is 8.70. The summed E-state index contributed by atoms with van der Waals surface area (Å²) in [5.41, 5.74) is 8.09. The summed E-state index contributed by atoms with van der Waals surface area (Å²) in [6, 6.07) is 17.4. The number of hydrogen-bond donors (Lipinski definition) is 0. The third kappa shape index (κ3) is 5.75. The first-order chi connectivity index (χ1) is 15.8. The summed E-state index contributed by atoms with van der Waals surface area (Å²) in [5, 5.41) is 0. The lowest BCUT2D eigenvalue weighted by Gasteiger charge is -2.23. The van der Waals surface area contributed by atoms with E-state index in [4.69, 9.17) is 0 Å². The number of halogens is 2. The van der Waals surface area contributed by atoms with E-state index < -0.39 is 0 Å². The minimum absolute atomic E-state index is 0.0143. The van der Waals surface area contributed by atoms with E-state index in [0.717, 1.165) is 0 Å². The molecular weight excluding hydrogens is 630 g/mol. The summed E-state index contributed by atoms with van der Waals surface area (Å²) >= 11 is 4.24. The summed E-state index contributed by atoms with van der Waals surface area (Å²) in [5.74, 6) is 0. The molecule has 2 aromatic carbocycles. The second-order valence-corrected chi connectivity index (χ2v) is 8.70. The van der Waals surface area contributed by atoms with E-state index in [-0.39, 0.29) is 10.8 Å². The highest BCUT2D eigenvalue weighted by molar-refractivity contribution is 15.0. The number of rotatable bonds is 2. The third-order valence-electron chi connectivity index (χ3n) is 6.39. The Labute approximate surface area is 226 Å². The average Bonchev–Trinajstić information content (AvgIpc) is 3.17. The maximum absolute atomic E-state index is 2.32. The van der Waals surface area contributed by atoms with Gasteiger partial charge in [0.25, 0.3) is 0 Å². The van der Waals surface area contributed by atoms with Crippen molar-refractivity contribution < 1.29 is 4.58 Å². The van der Waals surface area contributed by atoms with Crippen LogP contribution in [-0.4, -0.2) is 24.4 Å². The zero-order valence-corrected chi connectivity index (χ0v) is 26.3. The highest BCUT2D eigenvalue weighted by atomic mass is 128. The van der Waals surface area contributed by atoms with E-state index in [2.05, 4.69) is 155 Å². The quantitative estimate of drug-likeness (QED) is 0.228. The van der Waals surface area contributed by atoms with Crippen LogP contribution in [0.25, 0.3) is 0 Å². The van der Waals surface area contributed by atoms with Crippen LogP contribution >= 0.6 is 37.2 Å². The predicted molar refractivity (Wildman–Crippen MR) is 166 cm³/mol. The summed E-state index contributed by atoms with van der Waals surface area (Å²) < 4.78 is 2.32. The number of hydrogen-bond acceptors (Lipinski definition) is 1. The molecule has 2 aliphatic heterocycles. The predicted octanol–water partition coefficient (Wildman–Crippen LogP) is 9.38. The summed E-state index contributed by atoms with van der Waals surface area (Å²) in [7, 11) is 4.34. The van der Waals surface area contributed by atoms with Gasteiger partial charge in [0.2, 0.25) is 5.69 Å². The molecule has 2 nitrogen and oxygen atoms in total. The summed E-state index contributed by atoms with van der Waals surface area (Å²) in [6.45, 7) is 17.2. The molecule has 0 aromatic heterocycles. The van der Waals surface area contributed by atoms with E-state index in [1.807, 2.05) is 27.7 Å². The highest BCUT2D eigenvalue weighted by Crippen LogP contribution is 2.46. The molecule has 0 unspecified atom stereocenters. The van der Waals surface area contributed by atoms with Gasteiger partial charge in [-0.25, -0.2) is 0 Å². The molecule has 0 radical (unpaired) electrons. The van der Waals surface area contributed by atoms with Gasteiger partial charge < -0.3 is 4.90 Å². The smallest absolute Gasteiger partial charge is 0.209 e. The van der Waals surface area contributed by atoms with Crippen molar-refractivity contribution in [2.75, 3.05) is 19.0 Å². The second kappa shape index (κ2) is 13.1. The Bertz CT molecular complexity index is 1010. The van der Waals surface area contributed by atoms with Gasteiger partial charge in [0.05, 0.1) is 5.41 Å². The Morgan fingerprint density at radius 3 is 1.85 bits per heavy atom. The van der Waals surface area contributed by atoms with Crippen molar-refractivity contribution in [3.63, 3.8) is 0 Å². The van der Waals surface area contributed by atoms with Crippen LogP contribution in [0.5, 0.6) is 0 Å². The molecule has 0 saturated heterocycles. The first kappa shape index (κ1) is 29.9. The van der Waals surface area contributed by atoms with Crippen LogP contribution in [-0.2, 0) is 10.8 Å². The van der Waals surface area contributed by atoms with Gasteiger partial charge in [-0.15, -0.1) is 0 Å². The van der Waals surface area contributed by atoms with E-state index in [9.17, 15) is 0 Å². The lowest BCUT2D eigenvalue weighted by molar-refractivity contribution is -0.401. The molecule has 0 aliphatic carbocycles. The van der Waals surface area contributed by atoms with Gasteiger partial charge in [0.15, 0.2) is 5.71 Å². The largest absolute Gasteiger partial charge is 0.347 e. The first-order valence-electron chi connectivity index (χ1n) is 11.8. The highest BCUT2D eigenvalue weighted by Gasteiger charge is 2.42. The zero-order valence-electron chi connectivity index (χ0n) is 22.0. The molecule has 4 rings (SSSR count). The fourth-order valence-electron chi connectivity index (χ4n) is 4.83. The van der Waals surface area contributed by atoms with Gasteiger partial charge in [0.1, 0.15) is 7.05 Å². The van der Waals surface area contributed by atoms with Gasteiger partial charge in [-0.1, -0.05) is 84.0 Å². The van der Waals surface area contributed by atoms with Crippen LogP contribution in [0.4, 0.5) is 11.4 Å².